The van der Waals surface area contributed by atoms with Crippen LogP contribution in [-0.4, -0.2) is 50.1 Å². The van der Waals surface area contributed by atoms with Gasteiger partial charge in [-0.15, -0.1) is 10.2 Å². The molecule has 0 aliphatic heterocycles. The third-order valence-electron chi connectivity index (χ3n) is 3.67. The number of azo groups is 1. The molecule has 0 bridgehead atoms. The third-order valence-corrected chi connectivity index (χ3v) is 3.67. The average molecular weight is 394 g/mol. The second kappa shape index (κ2) is 8.33. The fourth-order valence-corrected chi connectivity index (χ4v) is 2.27. The first-order valence-electron chi connectivity index (χ1n) is 8.46. The number of ether oxygens (including phenoxy) is 1. The normalized spacial score (nSPS) is 10.9. The molecular weight excluding hydrogens is 376 g/mol. The lowest BCUT2D eigenvalue weighted by molar-refractivity contribution is 0.0720. The van der Waals surface area contributed by atoms with Crippen molar-refractivity contribution in [2.24, 2.45) is 10.2 Å². The summed E-state index contributed by atoms with van der Waals surface area (Å²) in [5, 5.41) is 18.0. The summed E-state index contributed by atoms with van der Waals surface area (Å²) in [7, 11) is 3.42. The van der Waals surface area contributed by atoms with E-state index >= 15 is 0 Å². The van der Waals surface area contributed by atoms with Gasteiger partial charge in [-0.05, 0) is 37.1 Å². The number of anilines is 1. The Kier molecular flexibility index (Phi) is 5.67. The standard InChI is InChI=1S/C18H18N8O3/c1-10-5-12(6-11(2)14(10)27)24-25-17-21-15(22-18(23-17)26(3)4)16(28)29-13-7-19-9-20-8-13/h5-9,27H,1-4H3. The maximum atomic E-state index is 12.4. The molecule has 1 aromatic carbocycles. The van der Waals surface area contributed by atoms with Gasteiger partial charge in [0, 0.05) is 14.1 Å². The van der Waals surface area contributed by atoms with Gasteiger partial charge in [0.15, 0.2) is 5.75 Å². The van der Waals surface area contributed by atoms with E-state index in [1.807, 2.05) is 0 Å². The predicted octanol–water partition coefficient (Wildman–Crippen LogP) is 2.68. The van der Waals surface area contributed by atoms with Gasteiger partial charge in [-0.1, -0.05) is 0 Å². The molecule has 1 N–H and O–H groups in total. The minimum Gasteiger partial charge on any atom is -0.507 e. The number of phenolic OH excluding ortho intramolecular Hbond substituents is 1. The first kappa shape index (κ1) is 19.7. The van der Waals surface area contributed by atoms with E-state index in [1.54, 1.807) is 45.0 Å². The molecular formula is C18H18N8O3. The highest BCUT2D eigenvalue weighted by atomic mass is 16.5. The Morgan fingerprint density at radius 2 is 1.69 bits per heavy atom. The zero-order valence-electron chi connectivity index (χ0n) is 16.2. The van der Waals surface area contributed by atoms with Crippen molar-refractivity contribution in [2.45, 2.75) is 13.8 Å². The van der Waals surface area contributed by atoms with Crippen LogP contribution in [0.5, 0.6) is 11.5 Å². The van der Waals surface area contributed by atoms with E-state index in [4.69, 9.17) is 4.74 Å². The van der Waals surface area contributed by atoms with Crippen LogP contribution in [-0.2, 0) is 0 Å². The van der Waals surface area contributed by atoms with E-state index in [9.17, 15) is 9.90 Å². The molecule has 0 aliphatic rings. The maximum absolute atomic E-state index is 12.4. The second-order valence-electron chi connectivity index (χ2n) is 6.25. The molecule has 11 heteroatoms. The summed E-state index contributed by atoms with van der Waals surface area (Å²) in [5.41, 5.74) is 1.84. The number of aromatic hydroxyl groups is 1. The molecule has 11 nitrogen and oxygen atoms in total. The predicted molar refractivity (Wildman–Crippen MR) is 103 cm³/mol. The summed E-state index contributed by atoms with van der Waals surface area (Å²) < 4.78 is 5.16. The van der Waals surface area contributed by atoms with Crippen LogP contribution in [0.1, 0.15) is 21.7 Å². The number of hydrogen-bond acceptors (Lipinski definition) is 11. The number of esters is 1. The molecule has 3 aromatic rings. The largest absolute Gasteiger partial charge is 0.507 e. The van der Waals surface area contributed by atoms with Gasteiger partial charge in [0.25, 0.3) is 5.95 Å². The number of carbonyl (C=O) groups is 1. The number of phenols is 1. The number of hydrogen-bond donors (Lipinski definition) is 1. The topological polar surface area (TPSA) is 139 Å². The highest BCUT2D eigenvalue weighted by Gasteiger charge is 2.17. The van der Waals surface area contributed by atoms with Crippen LogP contribution in [0.4, 0.5) is 17.6 Å². The summed E-state index contributed by atoms with van der Waals surface area (Å²) in [6.45, 7) is 3.52. The van der Waals surface area contributed by atoms with Gasteiger partial charge in [-0.2, -0.15) is 15.0 Å². The maximum Gasteiger partial charge on any atom is 0.382 e. The van der Waals surface area contributed by atoms with Crippen molar-refractivity contribution in [3.05, 3.63) is 47.8 Å². The molecule has 0 aliphatic carbocycles. The van der Waals surface area contributed by atoms with Crippen molar-refractivity contribution in [3.8, 4) is 11.5 Å². The number of benzene rings is 1. The van der Waals surface area contributed by atoms with Crippen molar-refractivity contribution in [1.29, 1.82) is 0 Å². The zero-order chi connectivity index (χ0) is 21.0. The minimum absolute atomic E-state index is 0.0663. The Labute approximate surface area is 166 Å². The molecule has 2 aromatic heterocycles. The van der Waals surface area contributed by atoms with E-state index in [0.29, 0.717) is 16.8 Å². The van der Waals surface area contributed by atoms with Crippen LogP contribution in [0.15, 0.2) is 41.1 Å². The van der Waals surface area contributed by atoms with E-state index < -0.39 is 5.97 Å². The SMILES string of the molecule is Cc1cc(N=Nc2nc(C(=O)Oc3cncnc3)nc(N(C)C)n2)cc(C)c1O. The molecule has 0 fully saturated rings. The van der Waals surface area contributed by atoms with Crippen molar-refractivity contribution in [2.75, 3.05) is 19.0 Å². The molecule has 0 saturated heterocycles. The Bertz CT molecular complexity index is 1050. The van der Waals surface area contributed by atoms with Crippen LogP contribution in [0.25, 0.3) is 0 Å². The Hall–Kier alpha value is -4.02. The smallest absolute Gasteiger partial charge is 0.382 e. The second-order valence-corrected chi connectivity index (χ2v) is 6.25. The third kappa shape index (κ3) is 4.83. The van der Waals surface area contributed by atoms with E-state index in [2.05, 4.69) is 35.1 Å². The lowest BCUT2D eigenvalue weighted by atomic mass is 10.1. The van der Waals surface area contributed by atoms with E-state index in [0.717, 1.165) is 0 Å². The molecule has 29 heavy (non-hydrogen) atoms. The van der Waals surface area contributed by atoms with Crippen LogP contribution in [0.2, 0.25) is 0 Å². The van der Waals surface area contributed by atoms with Crippen LogP contribution < -0.4 is 9.64 Å². The minimum atomic E-state index is -0.807. The molecule has 2 heterocycles. The van der Waals surface area contributed by atoms with Crippen molar-refractivity contribution < 1.29 is 14.6 Å². The Balaban J connectivity index is 1.91. The number of carbonyl (C=O) groups excluding carboxylic acids is 1. The summed E-state index contributed by atoms with van der Waals surface area (Å²) in [5.74, 6) is -0.541. The van der Waals surface area contributed by atoms with E-state index in [-0.39, 0.29) is 29.2 Å². The molecule has 0 atom stereocenters. The zero-order valence-corrected chi connectivity index (χ0v) is 16.2. The van der Waals surface area contributed by atoms with Crippen molar-refractivity contribution in [1.82, 2.24) is 24.9 Å². The quantitative estimate of drug-likeness (QED) is 0.511. The molecule has 0 spiro atoms. The monoisotopic (exact) mass is 394 g/mol. The lowest BCUT2D eigenvalue weighted by Gasteiger charge is -2.10. The molecule has 3 rings (SSSR count). The molecule has 0 unspecified atom stereocenters. The van der Waals surface area contributed by atoms with Gasteiger partial charge in [0.2, 0.25) is 11.8 Å². The molecule has 148 valence electrons. The van der Waals surface area contributed by atoms with Gasteiger partial charge in [0.1, 0.15) is 12.1 Å². The summed E-state index contributed by atoms with van der Waals surface area (Å²) in [4.78, 5) is 33.8. The van der Waals surface area contributed by atoms with Crippen LogP contribution in [0, 0.1) is 13.8 Å². The van der Waals surface area contributed by atoms with Gasteiger partial charge in [0.05, 0.1) is 18.1 Å². The first-order chi connectivity index (χ1) is 13.8. The number of rotatable bonds is 5. The average Bonchev–Trinajstić information content (AvgIpc) is 2.70. The summed E-state index contributed by atoms with van der Waals surface area (Å²) >= 11 is 0. The number of aromatic nitrogens is 5. The summed E-state index contributed by atoms with van der Waals surface area (Å²) in [6.07, 6.45) is 4.00. The number of nitrogens with zero attached hydrogens (tertiary/aromatic N) is 8. The van der Waals surface area contributed by atoms with Gasteiger partial charge >= 0.3 is 5.97 Å². The van der Waals surface area contributed by atoms with Crippen molar-refractivity contribution in [3.63, 3.8) is 0 Å². The number of aryl methyl sites for hydroxylation is 2. The lowest BCUT2D eigenvalue weighted by Crippen LogP contribution is -2.19. The highest BCUT2D eigenvalue weighted by molar-refractivity contribution is 5.87. The molecule has 0 amide bonds. The Morgan fingerprint density at radius 1 is 1.03 bits per heavy atom. The Morgan fingerprint density at radius 3 is 2.31 bits per heavy atom. The fourth-order valence-electron chi connectivity index (χ4n) is 2.27. The first-order valence-corrected chi connectivity index (χ1v) is 8.46. The van der Waals surface area contributed by atoms with Crippen molar-refractivity contribution >= 4 is 23.6 Å². The van der Waals surface area contributed by atoms with Crippen LogP contribution >= 0.6 is 0 Å². The summed E-state index contributed by atoms with van der Waals surface area (Å²) in [6, 6.07) is 3.34. The van der Waals surface area contributed by atoms with Gasteiger partial charge in [-0.25, -0.2) is 14.8 Å². The molecule has 0 saturated carbocycles. The highest BCUT2D eigenvalue weighted by Crippen LogP contribution is 2.28. The van der Waals surface area contributed by atoms with E-state index in [1.165, 1.54) is 18.7 Å². The van der Waals surface area contributed by atoms with Gasteiger partial charge in [-0.3, -0.25) is 0 Å². The fraction of sp³-hybridized carbons (Fsp3) is 0.222. The molecule has 0 radical (unpaired) electrons. The van der Waals surface area contributed by atoms with Crippen LogP contribution in [0.3, 0.4) is 0 Å². The van der Waals surface area contributed by atoms with Gasteiger partial charge < -0.3 is 14.7 Å².